The van der Waals surface area contributed by atoms with Crippen LogP contribution in [0.3, 0.4) is 0 Å². The van der Waals surface area contributed by atoms with Crippen LogP contribution in [-0.2, 0) is 17.7 Å². The quantitative estimate of drug-likeness (QED) is 0.398. The highest BCUT2D eigenvalue weighted by molar-refractivity contribution is 5.80. The van der Waals surface area contributed by atoms with Crippen molar-refractivity contribution in [3.63, 3.8) is 0 Å². The first-order valence-electron chi connectivity index (χ1n) is 11.0. The second kappa shape index (κ2) is 10.1. The van der Waals surface area contributed by atoms with E-state index in [-0.39, 0.29) is 5.78 Å². The first-order valence-corrected chi connectivity index (χ1v) is 9.89. The number of carbonyl (C=O) groups is 1. The molecule has 0 N–H and O–H groups in total. The lowest BCUT2D eigenvalue weighted by Crippen LogP contribution is -2.00. The van der Waals surface area contributed by atoms with Crippen LogP contribution in [0.5, 0.6) is 0 Å². The molecule has 0 unspecified atom stereocenters. The molecule has 0 amide bonds. The number of pyridine rings is 1. The first kappa shape index (κ1) is 16.7. The highest BCUT2D eigenvalue weighted by Gasteiger charge is 2.04. The Morgan fingerprint density at radius 3 is 2.81 bits per heavy atom. The monoisotopic (exact) mass is 364 g/mol. The second-order valence-corrected chi connectivity index (χ2v) is 7.18. The molecule has 3 rings (SSSR count). The van der Waals surface area contributed by atoms with Gasteiger partial charge < -0.3 is 4.57 Å². The Balaban J connectivity index is 1.32. The van der Waals surface area contributed by atoms with Gasteiger partial charge in [0.15, 0.2) is 0 Å². The van der Waals surface area contributed by atoms with Crippen LogP contribution in [0.2, 0.25) is 0 Å². The molecule has 142 valence electrons. The number of unbranched alkanes of at least 4 members (excludes halogenated alkanes) is 4. The van der Waals surface area contributed by atoms with Crippen molar-refractivity contribution in [3.8, 4) is 0 Å². The van der Waals surface area contributed by atoms with E-state index in [0.29, 0.717) is 12.0 Å². The Bertz CT molecular complexity index is 923. The predicted molar refractivity (Wildman–Crippen MR) is 112 cm³/mol. The average Bonchev–Trinajstić information content (AvgIpc) is 3.14. The Kier molecular flexibility index (Phi) is 6.23. The molecule has 1 aromatic carbocycles. The van der Waals surface area contributed by atoms with Crippen LogP contribution in [0.15, 0.2) is 55.0 Å². The number of carbonyl (C=O) groups excluding carboxylic acids is 1. The van der Waals surface area contributed by atoms with Crippen LogP contribution in [-0.4, -0.2) is 15.3 Å². The maximum absolute atomic E-state index is 12.2. The van der Waals surface area contributed by atoms with Crippen molar-refractivity contribution < 1.29 is 7.54 Å². The molecule has 0 radical (unpaired) electrons. The summed E-state index contributed by atoms with van der Waals surface area (Å²) >= 11 is 0. The molecular formula is C24H30N2O. The third-order valence-corrected chi connectivity index (χ3v) is 4.89. The van der Waals surface area contributed by atoms with E-state index in [1.165, 1.54) is 16.5 Å². The summed E-state index contributed by atoms with van der Waals surface area (Å²) in [5.74, 6) is -0.136. The molecule has 3 heteroatoms. The topological polar surface area (TPSA) is 34.9 Å². The number of ketones is 1. The van der Waals surface area contributed by atoms with Gasteiger partial charge in [0.2, 0.25) is 0 Å². The Hall–Kier alpha value is -2.42. The fraction of sp³-hybridized carbons (Fsp3) is 0.417. The number of fused-ring (bicyclic) bond motifs is 1. The number of aryl methyl sites for hydroxylation is 3. The number of hydrogen-bond donors (Lipinski definition) is 0. The Labute approximate surface area is 165 Å². The fourth-order valence-corrected chi connectivity index (χ4v) is 3.37. The van der Waals surface area contributed by atoms with Gasteiger partial charge in [-0.25, -0.2) is 0 Å². The number of hydrogen-bond acceptors (Lipinski definition) is 2. The molecule has 0 aliphatic carbocycles. The van der Waals surface area contributed by atoms with Crippen molar-refractivity contribution in [2.45, 2.75) is 64.8 Å². The van der Waals surface area contributed by atoms with Gasteiger partial charge in [0.05, 0.1) is 0 Å². The number of benzene rings is 1. The first-order chi connectivity index (χ1) is 14.1. The third kappa shape index (κ3) is 6.06. The van der Waals surface area contributed by atoms with E-state index in [4.69, 9.17) is 2.74 Å². The lowest BCUT2D eigenvalue weighted by molar-refractivity contribution is -0.119. The van der Waals surface area contributed by atoms with Crippen LogP contribution >= 0.6 is 0 Å². The summed E-state index contributed by atoms with van der Waals surface area (Å²) in [5, 5.41) is 1.30. The predicted octanol–water partition coefficient (Wildman–Crippen LogP) is 5.89. The molecule has 0 spiro atoms. The highest BCUT2D eigenvalue weighted by atomic mass is 16.1. The zero-order valence-corrected chi connectivity index (χ0v) is 16.1. The van der Waals surface area contributed by atoms with Crippen molar-refractivity contribution in [1.29, 1.82) is 0 Å². The minimum absolute atomic E-state index is 0.136. The summed E-state index contributed by atoms with van der Waals surface area (Å²) in [5.41, 5.74) is 3.21. The standard InChI is InChI=1S/C24H30N2O/c1-20-10-13-24-22(18-20)14-17-26(24)16-6-4-2-3-5-9-23(27)12-11-21-8-7-15-25-19-21/h7-8,10,13-15,17-19H,2-6,9,11-12,16H2,1H3/i11D,12D/t11-,12+/m0/s1. The van der Waals surface area contributed by atoms with E-state index in [0.717, 1.165) is 38.6 Å². The molecule has 0 aliphatic heterocycles. The lowest BCUT2D eigenvalue weighted by atomic mass is 10.0. The minimum atomic E-state index is -1.02. The van der Waals surface area contributed by atoms with Gasteiger partial charge in [0, 0.05) is 46.2 Å². The number of Topliss-reactive ketones (excluding diaryl/α,β-unsaturated/α-hetero) is 1. The van der Waals surface area contributed by atoms with E-state index < -0.39 is 12.8 Å². The normalized spacial score (nSPS) is 14.6. The molecular weight excluding hydrogens is 332 g/mol. The molecule has 3 nitrogen and oxygen atoms in total. The molecule has 0 aliphatic rings. The van der Waals surface area contributed by atoms with Gasteiger partial charge in [0.1, 0.15) is 5.78 Å². The molecule has 0 bridgehead atoms. The molecule has 27 heavy (non-hydrogen) atoms. The van der Waals surface area contributed by atoms with Crippen LogP contribution in [0.1, 0.15) is 58.8 Å². The molecule has 2 aromatic heterocycles. The van der Waals surface area contributed by atoms with Crippen LogP contribution in [0.4, 0.5) is 0 Å². The number of aromatic nitrogens is 2. The van der Waals surface area contributed by atoms with Crippen molar-refractivity contribution in [1.82, 2.24) is 9.55 Å². The zero-order chi connectivity index (χ0) is 20.6. The maximum Gasteiger partial charge on any atom is 0.133 e. The summed E-state index contributed by atoms with van der Waals surface area (Å²) in [7, 11) is 0. The average molecular weight is 365 g/mol. The Morgan fingerprint density at radius 2 is 1.96 bits per heavy atom. The van der Waals surface area contributed by atoms with Crippen LogP contribution < -0.4 is 0 Å². The molecule has 0 saturated carbocycles. The summed E-state index contributed by atoms with van der Waals surface area (Å²) in [6, 6.07) is 12.2. The second-order valence-electron chi connectivity index (χ2n) is 7.18. The van der Waals surface area contributed by atoms with Gasteiger partial charge in [-0.2, -0.15) is 0 Å². The van der Waals surface area contributed by atoms with Crippen molar-refractivity contribution >= 4 is 16.7 Å². The lowest BCUT2D eigenvalue weighted by Gasteiger charge is -2.06. The van der Waals surface area contributed by atoms with Crippen LogP contribution in [0, 0.1) is 6.92 Å². The summed E-state index contributed by atoms with van der Waals surface area (Å²) in [6.07, 6.45) is 9.06. The van der Waals surface area contributed by atoms with E-state index in [9.17, 15) is 4.79 Å². The molecule has 2 atom stereocenters. The van der Waals surface area contributed by atoms with Crippen molar-refractivity contribution in [2.75, 3.05) is 0 Å². The van der Waals surface area contributed by atoms with E-state index in [1.54, 1.807) is 24.5 Å². The van der Waals surface area contributed by atoms with E-state index in [2.05, 4.69) is 46.9 Å². The summed E-state index contributed by atoms with van der Waals surface area (Å²) in [6.45, 7) is 3.14. The van der Waals surface area contributed by atoms with Gasteiger partial charge in [-0.05, 0) is 61.4 Å². The van der Waals surface area contributed by atoms with Crippen LogP contribution in [0.25, 0.3) is 10.9 Å². The van der Waals surface area contributed by atoms with Crippen molar-refractivity contribution in [2.24, 2.45) is 0 Å². The zero-order valence-electron chi connectivity index (χ0n) is 18.1. The molecule has 0 fully saturated rings. The molecule has 0 saturated heterocycles. The largest absolute Gasteiger partial charge is 0.347 e. The van der Waals surface area contributed by atoms with Gasteiger partial charge in [-0.15, -0.1) is 0 Å². The minimum Gasteiger partial charge on any atom is -0.347 e. The highest BCUT2D eigenvalue weighted by Crippen LogP contribution is 2.18. The van der Waals surface area contributed by atoms with E-state index >= 15 is 0 Å². The van der Waals surface area contributed by atoms with Gasteiger partial charge in [-0.1, -0.05) is 37.0 Å². The third-order valence-electron chi connectivity index (χ3n) is 4.89. The summed E-state index contributed by atoms with van der Waals surface area (Å²) in [4.78, 5) is 16.2. The smallest absolute Gasteiger partial charge is 0.133 e. The van der Waals surface area contributed by atoms with Crippen molar-refractivity contribution in [3.05, 3.63) is 66.1 Å². The van der Waals surface area contributed by atoms with Gasteiger partial charge in [0.25, 0.3) is 0 Å². The van der Waals surface area contributed by atoms with E-state index in [1.807, 2.05) is 0 Å². The molecule has 2 heterocycles. The number of rotatable bonds is 11. The number of nitrogens with zero attached hydrogens (tertiary/aromatic N) is 2. The Morgan fingerprint density at radius 1 is 1.11 bits per heavy atom. The molecule has 3 aromatic rings. The fourth-order valence-electron chi connectivity index (χ4n) is 3.37. The van der Waals surface area contributed by atoms with Gasteiger partial charge in [-0.3, -0.25) is 9.78 Å². The van der Waals surface area contributed by atoms with Gasteiger partial charge >= 0.3 is 0 Å². The SMILES string of the molecule is [2H][C@H](c1cccnc1)[C@@H]([2H])C(=O)CCCCCCCn1ccc2cc(C)ccc21. The maximum atomic E-state index is 12.2. The summed E-state index contributed by atoms with van der Waals surface area (Å²) < 4.78 is 18.5.